The van der Waals surface area contributed by atoms with Crippen LogP contribution in [0.1, 0.15) is 61.3 Å². The summed E-state index contributed by atoms with van der Waals surface area (Å²) < 4.78 is 6.07. The van der Waals surface area contributed by atoms with Crippen molar-refractivity contribution < 1.29 is 4.74 Å². The van der Waals surface area contributed by atoms with Crippen molar-refractivity contribution in [3.05, 3.63) is 0 Å². The highest BCUT2D eigenvalue weighted by Gasteiger charge is 2.21. The molecule has 0 aromatic rings. The van der Waals surface area contributed by atoms with E-state index in [1.807, 2.05) is 0 Å². The molecule has 0 aromatic carbocycles. The highest BCUT2D eigenvalue weighted by atomic mass is 16.5. The first kappa shape index (κ1) is 14.9. The summed E-state index contributed by atoms with van der Waals surface area (Å²) in [6, 6.07) is 0. The molecule has 2 nitrogen and oxygen atoms in total. The standard InChI is InChI=1S/C13H29NO/c1-8-11(10-14-12(3,4)5)15-13(6,7)9-2/h11,14H,8-10H2,1-7H3. The molecule has 0 rings (SSSR count). The number of ether oxygens (including phenoxy) is 1. The maximum Gasteiger partial charge on any atom is 0.0704 e. The third-order valence-electron chi connectivity index (χ3n) is 2.65. The van der Waals surface area contributed by atoms with Gasteiger partial charge in [-0.1, -0.05) is 13.8 Å². The van der Waals surface area contributed by atoms with Crippen molar-refractivity contribution in [3.8, 4) is 0 Å². The Bertz CT molecular complexity index is 170. The third-order valence-corrected chi connectivity index (χ3v) is 2.65. The monoisotopic (exact) mass is 215 g/mol. The third kappa shape index (κ3) is 7.80. The highest BCUT2D eigenvalue weighted by Crippen LogP contribution is 2.17. The fourth-order valence-corrected chi connectivity index (χ4v) is 1.22. The van der Waals surface area contributed by atoms with E-state index < -0.39 is 0 Å². The summed E-state index contributed by atoms with van der Waals surface area (Å²) in [7, 11) is 0. The molecule has 0 saturated carbocycles. The molecule has 0 fully saturated rings. The minimum Gasteiger partial charge on any atom is -0.371 e. The lowest BCUT2D eigenvalue weighted by Crippen LogP contribution is -2.43. The number of hydrogen-bond acceptors (Lipinski definition) is 2. The molecule has 15 heavy (non-hydrogen) atoms. The maximum absolute atomic E-state index is 6.07. The molecular weight excluding hydrogens is 186 g/mol. The van der Waals surface area contributed by atoms with Gasteiger partial charge in [0, 0.05) is 12.1 Å². The second-order valence-electron chi connectivity index (χ2n) is 5.89. The molecule has 1 unspecified atom stereocenters. The van der Waals surface area contributed by atoms with Crippen LogP contribution in [0.2, 0.25) is 0 Å². The molecule has 0 bridgehead atoms. The SMILES string of the molecule is CCC(CNC(C)(C)C)OC(C)(C)CC. The first-order valence-corrected chi connectivity index (χ1v) is 6.13. The van der Waals surface area contributed by atoms with Gasteiger partial charge in [0.25, 0.3) is 0 Å². The van der Waals surface area contributed by atoms with Crippen molar-refractivity contribution in [2.75, 3.05) is 6.54 Å². The zero-order valence-corrected chi connectivity index (χ0v) is 11.6. The fourth-order valence-electron chi connectivity index (χ4n) is 1.22. The van der Waals surface area contributed by atoms with E-state index in [-0.39, 0.29) is 11.1 Å². The first-order chi connectivity index (χ1) is 6.70. The van der Waals surface area contributed by atoms with Crippen LogP contribution in [-0.4, -0.2) is 23.8 Å². The highest BCUT2D eigenvalue weighted by molar-refractivity contribution is 4.75. The predicted molar refractivity (Wildman–Crippen MR) is 67.3 cm³/mol. The minimum absolute atomic E-state index is 0.000239. The van der Waals surface area contributed by atoms with Crippen molar-refractivity contribution in [2.45, 2.75) is 78.6 Å². The molecule has 0 saturated heterocycles. The Labute approximate surface area is 95.8 Å². The van der Waals surface area contributed by atoms with E-state index in [1.54, 1.807) is 0 Å². The molecule has 0 aromatic heterocycles. The lowest BCUT2D eigenvalue weighted by molar-refractivity contribution is -0.0748. The van der Waals surface area contributed by atoms with Crippen LogP contribution in [-0.2, 0) is 4.74 Å². The van der Waals surface area contributed by atoms with Gasteiger partial charge in [-0.2, -0.15) is 0 Å². The Morgan fingerprint density at radius 1 is 1.07 bits per heavy atom. The average molecular weight is 215 g/mol. The smallest absolute Gasteiger partial charge is 0.0704 e. The summed E-state index contributed by atoms with van der Waals surface area (Å²) in [5, 5.41) is 3.49. The molecule has 0 amide bonds. The van der Waals surface area contributed by atoms with Gasteiger partial charge in [0.2, 0.25) is 0 Å². The number of hydrogen-bond donors (Lipinski definition) is 1. The van der Waals surface area contributed by atoms with Crippen LogP contribution in [0.5, 0.6) is 0 Å². The van der Waals surface area contributed by atoms with Crippen molar-refractivity contribution >= 4 is 0 Å². The number of rotatable bonds is 6. The fraction of sp³-hybridized carbons (Fsp3) is 1.00. The number of nitrogens with one attached hydrogen (secondary N) is 1. The zero-order chi connectivity index (χ0) is 12.1. The van der Waals surface area contributed by atoms with Crippen LogP contribution in [0.15, 0.2) is 0 Å². The molecule has 0 aliphatic rings. The van der Waals surface area contributed by atoms with Crippen molar-refractivity contribution in [1.29, 1.82) is 0 Å². The van der Waals surface area contributed by atoms with Crippen molar-refractivity contribution in [3.63, 3.8) is 0 Å². The first-order valence-electron chi connectivity index (χ1n) is 6.13. The van der Waals surface area contributed by atoms with Gasteiger partial charge in [0.1, 0.15) is 0 Å². The van der Waals surface area contributed by atoms with E-state index in [4.69, 9.17) is 4.74 Å². The van der Waals surface area contributed by atoms with Crippen LogP contribution in [0.25, 0.3) is 0 Å². The van der Waals surface area contributed by atoms with Crippen molar-refractivity contribution in [2.24, 2.45) is 0 Å². The van der Waals surface area contributed by atoms with Crippen LogP contribution in [0.4, 0.5) is 0 Å². The van der Waals surface area contributed by atoms with Gasteiger partial charge in [0.05, 0.1) is 11.7 Å². The second-order valence-corrected chi connectivity index (χ2v) is 5.89. The topological polar surface area (TPSA) is 21.3 Å². The average Bonchev–Trinajstić information content (AvgIpc) is 2.11. The van der Waals surface area contributed by atoms with Crippen molar-refractivity contribution in [1.82, 2.24) is 5.32 Å². The van der Waals surface area contributed by atoms with E-state index in [2.05, 4.69) is 53.8 Å². The van der Waals surface area contributed by atoms with Gasteiger partial charge in [-0.25, -0.2) is 0 Å². The van der Waals surface area contributed by atoms with Crippen LogP contribution in [0.3, 0.4) is 0 Å². The van der Waals surface area contributed by atoms with Gasteiger partial charge in [0.15, 0.2) is 0 Å². The summed E-state index contributed by atoms with van der Waals surface area (Å²) in [5.74, 6) is 0. The zero-order valence-electron chi connectivity index (χ0n) is 11.6. The summed E-state index contributed by atoms with van der Waals surface area (Å²) in [5.41, 5.74) is 0.174. The molecule has 0 radical (unpaired) electrons. The van der Waals surface area contributed by atoms with E-state index in [0.717, 1.165) is 19.4 Å². The second kappa shape index (κ2) is 5.86. The lowest BCUT2D eigenvalue weighted by atomic mass is 10.1. The molecule has 0 spiro atoms. The van der Waals surface area contributed by atoms with Gasteiger partial charge in [-0.15, -0.1) is 0 Å². The maximum atomic E-state index is 6.07. The molecule has 1 N–H and O–H groups in total. The summed E-state index contributed by atoms with van der Waals surface area (Å²) in [6.07, 6.45) is 2.44. The molecule has 0 aliphatic heterocycles. The van der Waals surface area contributed by atoms with E-state index in [1.165, 1.54) is 0 Å². The molecule has 2 heteroatoms. The van der Waals surface area contributed by atoms with Crippen LogP contribution in [0, 0.1) is 0 Å². The summed E-state index contributed by atoms with van der Waals surface area (Å²) in [6.45, 7) is 16.2. The summed E-state index contributed by atoms with van der Waals surface area (Å²) >= 11 is 0. The van der Waals surface area contributed by atoms with E-state index in [9.17, 15) is 0 Å². The Kier molecular flexibility index (Phi) is 5.82. The van der Waals surface area contributed by atoms with Gasteiger partial charge in [-0.05, 0) is 47.5 Å². The van der Waals surface area contributed by atoms with Crippen LogP contribution >= 0.6 is 0 Å². The van der Waals surface area contributed by atoms with E-state index >= 15 is 0 Å². The van der Waals surface area contributed by atoms with Gasteiger partial charge in [-0.3, -0.25) is 0 Å². The molecule has 0 aliphatic carbocycles. The normalized spacial score (nSPS) is 15.4. The largest absolute Gasteiger partial charge is 0.371 e. The molecular formula is C13H29NO. The Balaban J connectivity index is 4.04. The van der Waals surface area contributed by atoms with Gasteiger partial charge < -0.3 is 10.1 Å². The van der Waals surface area contributed by atoms with E-state index in [0.29, 0.717) is 6.10 Å². The Hall–Kier alpha value is -0.0800. The predicted octanol–water partition coefficient (Wildman–Crippen LogP) is 3.36. The Morgan fingerprint density at radius 2 is 1.60 bits per heavy atom. The molecule has 92 valence electrons. The van der Waals surface area contributed by atoms with Crippen LogP contribution < -0.4 is 5.32 Å². The quantitative estimate of drug-likeness (QED) is 0.733. The minimum atomic E-state index is 0.000239. The Morgan fingerprint density at radius 3 is 1.93 bits per heavy atom. The lowest BCUT2D eigenvalue weighted by Gasteiger charge is -2.32. The van der Waals surface area contributed by atoms with Gasteiger partial charge >= 0.3 is 0 Å². The molecule has 0 heterocycles. The molecule has 1 atom stereocenters. The summed E-state index contributed by atoms with van der Waals surface area (Å²) in [4.78, 5) is 0.